The van der Waals surface area contributed by atoms with Crippen molar-refractivity contribution >= 4 is 50.7 Å². The van der Waals surface area contributed by atoms with Crippen molar-refractivity contribution in [2.24, 2.45) is 0 Å². The summed E-state index contributed by atoms with van der Waals surface area (Å²) in [6.45, 7) is -0.698. The maximum atomic E-state index is 14.4. The van der Waals surface area contributed by atoms with Crippen molar-refractivity contribution in [3.05, 3.63) is 124 Å². The monoisotopic (exact) mass is 639 g/mol. The summed E-state index contributed by atoms with van der Waals surface area (Å²) in [4.78, 5) is 29.1. The number of carbonyl (C=O) groups is 2. The van der Waals surface area contributed by atoms with Crippen molar-refractivity contribution in [1.82, 2.24) is 10.2 Å². The quantitative estimate of drug-likeness (QED) is 0.218. The Bertz CT molecular complexity index is 1670. The fourth-order valence-corrected chi connectivity index (χ4v) is 6.42. The third kappa shape index (κ3) is 7.67. The predicted octanol–water partition coefficient (Wildman–Crippen LogP) is 5.58. The van der Waals surface area contributed by atoms with Gasteiger partial charge in [0.25, 0.3) is 10.0 Å². The van der Waals surface area contributed by atoms with Crippen LogP contribution in [0.4, 0.5) is 5.69 Å². The molecule has 0 aromatic heterocycles. The summed E-state index contributed by atoms with van der Waals surface area (Å²) in [5.41, 5.74) is 1.49. The lowest BCUT2D eigenvalue weighted by molar-refractivity contribution is -0.139. The van der Waals surface area contributed by atoms with E-state index in [0.29, 0.717) is 10.6 Å². The molecule has 0 saturated carbocycles. The number of carbonyl (C=O) groups excluding carboxylic acids is 2. The predicted molar refractivity (Wildman–Crippen MR) is 169 cm³/mol. The van der Waals surface area contributed by atoms with Gasteiger partial charge in [0.1, 0.15) is 18.3 Å². The third-order valence-electron chi connectivity index (χ3n) is 6.84. The maximum Gasteiger partial charge on any atom is 0.264 e. The molecule has 0 aliphatic rings. The Hall–Kier alpha value is -4.05. The Kier molecular flexibility index (Phi) is 10.7. The molecule has 0 radical (unpaired) electrons. The highest BCUT2D eigenvalue weighted by atomic mass is 35.5. The van der Waals surface area contributed by atoms with E-state index < -0.39 is 34.4 Å². The van der Waals surface area contributed by atoms with Crippen molar-refractivity contribution in [3.63, 3.8) is 0 Å². The van der Waals surface area contributed by atoms with Gasteiger partial charge in [-0.3, -0.25) is 13.9 Å². The number of amides is 2. The Balaban J connectivity index is 1.84. The summed E-state index contributed by atoms with van der Waals surface area (Å²) in [5, 5.41) is 3.30. The van der Waals surface area contributed by atoms with E-state index in [1.165, 1.54) is 43.3 Å². The first-order chi connectivity index (χ1) is 20.6. The largest absolute Gasteiger partial charge is 0.495 e. The first-order valence-electron chi connectivity index (χ1n) is 13.4. The van der Waals surface area contributed by atoms with E-state index >= 15 is 0 Å². The van der Waals surface area contributed by atoms with Crippen molar-refractivity contribution in [2.45, 2.75) is 23.9 Å². The molecule has 4 aromatic carbocycles. The normalized spacial score (nSPS) is 11.8. The van der Waals surface area contributed by atoms with E-state index in [1.54, 1.807) is 48.5 Å². The molecule has 8 nitrogen and oxygen atoms in total. The number of likely N-dealkylation sites (N-methyl/N-ethyl adjacent to an activating group) is 1. The molecule has 43 heavy (non-hydrogen) atoms. The van der Waals surface area contributed by atoms with Crippen LogP contribution in [0.5, 0.6) is 5.75 Å². The second-order valence-corrected chi connectivity index (χ2v) is 12.3. The second-order valence-electron chi connectivity index (χ2n) is 9.57. The SMILES string of the molecule is CNC(=O)C(Cc1ccccc1)N(Cc1ccccc1Cl)C(=O)CN(c1cc(Cl)ccc1OC)S(=O)(=O)c1ccccc1. The number of hydrogen-bond donors (Lipinski definition) is 1. The third-order valence-corrected chi connectivity index (χ3v) is 9.21. The number of anilines is 1. The van der Waals surface area contributed by atoms with Crippen LogP contribution >= 0.6 is 23.2 Å². The molecule has 1 N–H and O–H groups in total. The van der Waals surface area contributed by atoms with E-state index in [1.807, 2.05) is 30.3 Å². The van der Waals surface area contributed by atoms with Gasteiger partial charge < -0.3 is 15.0 Å². The summed E-state index contributed by atoms with van der Waals surface area (Å²) in [6, 6.07) is 27.5. The Labute approximate surface area is 261 Å². The van der Waals surface area contributed by atoms with E-state index in [2.05, 4.69) is 5.32 Å². The molecule has 224 valence electrons. The van der Waals surface area contributed by atoms with Crippen LogP contribution in [0.2, 0.25) is 10.0 Å². The van der Waals surface area contributed by atoms with Gasteiger partial charge in [-0.15, -0.1) is 0 Å². The van der Waals surface area contributed by atoms with E-state index in [9.17, 15) is 18.0 Å². The minimum atomic E-state index is -4.30. The van der Waals surface area contributed by atoms with Crippen LogP contribution in [0, 0.1) is 0 Å². The molecule has 0 saturated heterocycles. The fourth-order valence-electron chi connectivity index (χ4n) is 4.62. The lowest BCUT2D eigenvalue weighted by atomic mass is 10.0. The number of nitrogens with zero attached hydrogens (tertiary/aromatic N) is 2. The topological polar surface area (TPSA) is 96.0 Å². The van der Waals surface area contributed by atoms with Crippen molar-refractivity contribution in [3.8, 4) is 5.75 Å². The second kappa shape index (κ2) is 14.4. The minimum absolute atomic E-state index is 0.0328. The molecule has 11 heteroatoms. The number of rotatable bonds is 12. The van der Waals surface area contributed by atoms with Crippen molar-refractivity contribution in [2.75, 3.05) is 25.0 Å². The van der Waals surface area contributed by atoms with Crippen molar-refractivity contribution in [1.29, 1.82) is 0 Å². The Morgan fingerprint density at radius 2 is 1.51 bits per heavy atom. The smallest absolute Gasteiger partial charge is 0.264 e. The molecule has 0 aliphatic heterocycles. The van der Waals surface area contributed by atoms with E-state index in [-0.39, 0.29) is 34.3 Å². The number of benzene rings is 4. The molecular formula is C32H31Cl2N3O5S. The number of sulfonamides is 1. The molecule has 0 heterocycles. The molecule has 1 unspecified atom stereocenters. The number of nitrogens with one attached hydrogen (secondary N) is 1. The first-order valence-corrected chi connectivity index (χ1v) is 15.5. The summed E-state index contributed by atoms with van der Waals surface area (Å²) in [6.07, 6.45) is 0.183. The zero-order chi connectivity index (χ0) is 31.0. The average molecular weight is 641 g/mol. The summed E-state index contributed by atoms with van der Waals surface area (Å²) >= 11 is 12.8. The van der Waals surface area contributed by atoms with Crippen LogP contribution in [-0.4, -0.2) is 51.9 Å². The zero-order valence-electron chi connectivity index (χ0n) is 23.6. The number of methoxy groups -OCH3 is 1. The van der Waals surface area contributed by atoms with Gasteiger partial charge in [0.2, 0.25) is 11.8 Å². The molecule has 0 spiro atoms. The van der Waals surface area contributed by atoms with Crippen LogP contribution in [0.25, 0.3) is 0 Å². The van der Waals surface area contributed by atoms with Gasteiger partial charge >= 0.3 is 0 Å². The van der Waals surface area contributed by atoms with Crippen LogP contribution in [0.3, 0.4) is 0 Å². The van der Waals surface area contributed by atoms with E-state index in [0.717, 1.165) is 9.87 Å². The maximum absolute atomic E-state index is 14.4. The molecule has 4 rings (SSSR count). The van der Waals surface area contributed by atoms with E-state index in [4.69, 9.17) is 27.9 Å². The summed E-state index contributed by atoms with van der Waals surface area (Å²) < 4.78 is 34.6. The van der Waals surface area contributed by atoms with Crippen LogP contribution in [-0.2, 0) is 32.6 Å². The first kappa shape index (κ1) is 31.9. The lowest BCUT2D eigenvalue weighted by Crippen LogP contribution is -2.53. The average Bonchev–Trinajstić information content (AvgIpc) is 3.02. The molecular weight excluding hydrogens is 609 g/mol. The van der Waals surface area contributed by atoms with Gasteiger partial charge in [-0.1, -0.05) is 89.9 Å². The Morgan fingerprint density at radius 1 is 0.884 bits per heavy atom. The zero-order valence-corrected chi connectivity index (χ0v) is 25.9. The highest BCUT2D eigenvalue weighted by Crippen LogP contribution is 2.35. The molecule has 0 fully saturated rings. The molecule has 0 bridgehead atoms. The standard InChI is InChI=1S/C32H31Cl2N3O5S/c1-35-32(39)29(19-23-11-5-3-6-12-23)36(21-24-13-9-10-16-27(24)34)31(38)22-37(28-20-25(33)17-18-30(28)42-2)43(40,41)26-14-7-4-8-15-26/h3-18,20,29H,19,21-22H2,1-2H3,(H,35,39). The highest BCUT2D eigenvalue weighted by molar-refractivity contribution is 7.92. The van der Waals surface area contributed by atoms with Gasteiger partial charge in [0.05, 0.1) is 17.7 Å². The highest BCUT2D eigenvalue weighted by Gasteiger charge is 2.35. The number of hydrogen-bond acceptors (Lipinski definition) is 5. The number of ether oxygens (including phenoxy) is 1. The number of halogens is 2. The lowest BCUT2D eigenvalue weighted by Gasteiger charge is -2.34. The van der Waals surface area contributed by atoms with Crippen molar-refractivity contribution < 1.29 is 22.7 Å². The molecule has 0 aliphatic carbocycles. The minimum Gasteiger partial charge on any atom is -0.495 e. The van der Waals surface area contributed by atoms with Gasteiger partial charge in [-0.25, -0.2) is 8.42 Å². The van der Waals surface area contributed by atoms with Gasteiger partial charge in [-0.2, -0.15) is 0 Å². The molecule has 4 aromatic rings. The summed E-state index contributed by atoms with van der Waals surface area (Å²) in [7, 11) is -1.42. The molecule has 2 amide bonds. The van der Waals surface area contributed by atoms with Crippen LogP contribution in [0.1, 0.15) is 11.1 Å². The fraction of sp³-hybridized carbons (Fsp3) is 0.188. The van der Waals surface area contributed by atoms with Gasteiger partial charge in [-0.05, 0) is 47.5 Å². The van der Waals surface area contributed by atoms with Gasteiger partial charge in [0, 0.05) is 30.1 Å². The van der Waals surface area contributed by atoms with Crippen LogP contribution in [0.15, 0.2) is 108 Å². The molecule has 1 atom stereocenters. The Morgan fingerprint density at radius 3 is 2.14 bits per heavy atom. The van der Waals surface area contributed by atoms with Gasteiger partial charge in [0.15, 0.2) is 0 Å². The summed E-state index contributed by atoms with van der Waals surface area (Å²) in [5.74, 6) is -0.852. The van der Waals surface area contributed by atoms with Crippen LogP contribution < -0.4 is 14.4 Å².